The molecule has 0 fully saturated rings. The van der Waals surface area contributed by atoms with E-state index in [9.17, 15) is 0 Å². The van der Waals surface area contributed by atoms with E-state index in [4.69, 9.17) is 22.2 Å². The molecule has 132 valence electrons. The number of hydrogen-bond acceptors (Lipinski definition) is 7. The van der Waals surface area contributed by atoms with Gasteiger partial charge >= 0.3 is 0 Å². The monoisotopic (exact) mass is 403 g/mol. The second kappa shape index (κ2) is 7.53. The number of ether oxygens (including phenoxy) is 1. The average molecular weight is 404 g/mol. The maximum Gasteiger partial charge on any atom is 0.210 e. The number of thiazole rings is 1. The van der Waals surface area contributed by atoms with Crippen LogP contribution in [0.5, 0.6) is 5.75 Å². The number of rotatable bonds is 6. The molecule has 0 unspecified atom stereocenters. The lowest BCUT2D eigenvalue weighted by molar-refractivity contribution is 0.291. The first-order valence-electron chi connectivity index (χ1n) is 7.74. The highest BCUT2D eigenvalue weighted by Gasteiger charge is 2.12. The van der Waals surface area contributed by atoms with Crippen LogP contribution < -0.4 is 10.6 Å². The van der Waals surface area contributed by atoms with Crippen molar-refractivity contribution in [2.24, 2.45) is 0 Å². The summed E-state index contributed by atoms with van der Waals surface area (Å²) in [4.78, 5) is 4.61. The molecule has 4 rings (SSSR count). The Hall–Kier alpha value is -2.29. The fraction of sp³-hybridized carbons (Fsp3) is 0.118. The molecule has 26 heavy (non-hydrogen) atoms. The molecule has 0 spiro atoms. The SMILES string of the molecule is Nn1c(COc2ccc(Cl)cc2)nnc1SCc1nc2ccccc2s1. The molecule has 9 heteroatoms. The lowest BCUT2D eigenvalue weighted by atomic mass is 10.3. The van der Waals surface area contributed by atoms with Crippen molar-refractivity contribution in [3.8, 4) is 5.75 Å². The highest BCUT2D eigenvalue weighted by Crippen LogP contribution is 2.27. The Morgan fingerprint density at radius 2 is 1.92 bits per heavy atom. The first-order valence-corrected chi connectivity index (χ1v) is 9.92. The van der Waals surface area contributed by atoms with E-state index in [1.54, 1.807) is 35.6 Å². The van der Waals surface area contributed by atoms with E-state index < -0.39 is 0 Å². The molecule has 6 nitrogen and oxygen atoms in total. The van der Waals surface area contributed by atoms with Crippen LogP contribution in [0.1, 0.15) is 10.8 Å². The van der Waals surface area contributed by atoms with Gasteiger partial charge in [-0.25, -0.2) is 9.66 Å². The number of fused-ring (bicyclic) bond motifs is 1. The van der Waals surface area contributed by atoms with Gasteiger partial charge in [0.2, 0.25) is 5.16 Å². The number of aromatic nitrogens is 4. The number of nitrogen functional groups attached to an aromatic ring is 1. The van der Waals surface area contributed by atoms with Crippen LogP contribution in [0.4, 0.5) is 0 Å². The van der Waals surface area contributed by atoms with Crippen molar-refractivity contribution >= 4 is 44.9 Å². The first-order chi connectivity index (χ1) is 12.7. The predicted molar refractivity (Wildman–Crippen MR) is 105 cm³/mol. The fourth-order valence-electron chi connectivity index (χ4n) is 2.29. The summed E-state index contributed by atoms with van der Waals surface area (Å²) < 4.78 is 8.29. The number of thioether (sulfide) groups is 1. The summed E-state index contributed by atoms with van der Waals surface area (Å²) in [6.45, 7) is 0.229. The van der Waals surface area contributed by atoms with E-state index in [0.29, 0.717) is 27.5 Å². The van der Waals surface area contributed by atoms with E-state index in [1.165, 1.54) is 21.1 Å². The van der Waals surface area contributed by atoms with Crippen molar-refractivity contribution in [1.29, 1.82) is 0 Å². The minimum absolute atomic E-state index is 0.229. The van der Waals surface area contributed by atoms with Crippen LogP contribution in [0.3, 0.4) is 0 Å². The van der Waals surface area contributed by atoms with Gasteiger partial charge in [0, 0.05) is 5.02 Å². The molecule has 0 aliphatic carbocycles. The average Bonchev–Trinajstić information content (AvgIpc) is 3.22. The molecule has 4 aromatic rings. The Kier molecular flexibility index (Phi) is 4.96. The maximum absolute atomic E-state index is 6.08. The number of hydrogen-bond donors (Lipinski definition) is 1. The van der Waals surface area contributed by atoms with Crippen molar-refractivity contribution in [1.82, 2.24) is 19.9 Å². The van der Waals surface area contributed by atoms with Gasteiger partial charge in [0.1, 0.15) is 17.4 Å². The summed E-state index contributed by atoms with van der Waals surface area (Å²) in [5.74, 6) is 8.01. The van der Waals surface area contributed by atoms with Crippen LogP contribution in [0.2, 0.25) is 5.02 Å². The van der Waals surface area contributed by atoms with E-state index in [2.05, 4.69) is 21.2 Å². The number of nitrogens with two attached hydrogens (primary N) is 1. The predicted octanol–water partition coefficient (Wildman–Crippen LogP) is 4.13. The summed E-state index contributed by atoms with van der Waals surface area (Å²) >= 11 is 9.03. The van der Waals surface area contributed by atoms with Gasteiger partial charge in [-0.1, -0.05) is 35.5 Å². The summed E-state index contributed by atoms with van der Waals surface area (Å²) in [6.07, 6.45) is 0. The third-order valence-electron chi connectivity index (χ3n) is 3.58. The number of para-hydroxylation sites is 1. The van der Waals surface area contributed by atoms with Gasteiger partial charge in [0.05, 0.1) is 16.0 Å². The third kappa shape index (κ3) is 3.77. The summed E-state index contributed by atoms with van der Waals surface area (Å²) in [5.41, 5.74) is 1.01. The Morgan fingerprint density at radius 3 is 2.73 bits per heavy atom. The second-order valence-electron chi connectivity index (χ2n) is 5.38. The number of halogens is 1. The lowest BCUT2D eigenvalue weighted by Gasteiger charge is -2.06. The second-order valence-corrected chi connectivity index (χ2v) is 7.87. The molecule has 2 N–H and O–H groups in total. The zero-order chi connectivity index (χ0) is 17.9. The third-order valence-corrected chi connectivity index (χ3v) is 6.01. The molecule has 2 heterocycles. The molecular formula is C17H14ClN5OS2. The van der Waals surface area contributed by atoms with E-state index in [-0.39, 0.29) is 6.61 Å². The molecule has 0 atom stereocenters. The number of benzene rings is 2. The van der Waals surface area contributed by atoms with Crippen LogP contribution in [0.25, 0.3) is 10.2 Å². The van der Waals surface area contributed by atoms with Gasteiger partial charge in [-0.15, -0.1) is 21.5 Å². The molecule has 2 aromatic carbocycles. The Morgan fingerprint density at radius 1 is 1.12 bits per heavy atom. The zero-order valence-electron chi connectivity index (χ0n) is 13.5. The van der Waals surface area contributed by atoms with Crippen LogP contribution in [0, 0.1) is 0 Å². The minimum atomic E-state index is 0.229. The van der Waals surface area contributed by atoms with Crippen molar-refractivity contribution in [2.45, 2.75) is 17.5 Å². The van der Waals surface area contributed by atoms with Crippen LogP contribution in [0.15, 0.2) is 53.7 Å². The summed E-state index contributed by atoms with van der Waals surface area (Å²) in [6, 6.07) is 15.2. The largest absolute Gasteiger partial charge is 0.486 e. The van der Waals surface area contributed by atoms with Gasteiger partial charge in [0.15, 0.2) is 5.82 Å². The summed E-state index contributed by atoms with van der Waals surface area (Å²) in [7, 11) is 0. The molecule has 0 aliphatic rings. The molecule has 0 saturated carbocycles. The van der Waals surface area contributed by atoms with E-state index in [0.717, 1.165) is 10.5 Å². The van der Waals surface area contributed by atoms with E-state index in [1.807, 2.05) is 18.2 Å². The highest BCUT2D eigenvalue weighted by atomic mass is 35.5. The number of nitrogens with zero attached hydrogens (tertiary/aromatic N) is 4. The van der Waals surface area contributed by atoms with Crippen LogP contribution >= 0.6 is 34.7 Å². The topological polar surface area (TPSA) is 78.9 Å². The van der Waals surface area contributed by atoms with E-state index >= 15 is 0 Å². The normalized spacial score (nSPS) is 11.1. The molecule has 0 saturated heterocycles. The Labute approximate surface area is 162 Å². The molecule has 0 aliphatic heterocycles. The molecule has 0 bridgehead atoms. The lowest BCUT2D eigenvalue weighted by Crippen LogP contribution is -2.15. The van der Waals surface area contributed by atoms with Crippen molar-refractivity contribution in [3.05, 3.63) is 64.4 Å². The van der Waals surface area contributed by atoms with Crippen molar-refractivity contribution < 1.29 is 4.74 Å². The van der Waals surface area contributed by atoms with Crippen molar-refractivity contribution in [2.75, 3.05) is 5.84 Å². The first kappa shape index (κ1) is 17.1. The smallest absolute Gasteiger partial charge is 0.210 e. The Balaban J connectivity index is 1.39. The van der Waals surface area contributed by atoms with Gasteiger partial charge < -0.3 is 10.6 Å². The highest BCUT2D eigenvalue weighted by molar-refractivity contribution is 7.98. The standard InChI is InChI=1S/C17H14ClN5OS2/c18-11-5-7-12(8-6-11)24-9-15-21-22-17(23(15)19)25-10-16-20-13-3-1-2-4-14(13)26-16/h1-8H,9-10,19H2. The van der Waals surface area contributed by atoms with Crippen LogP contribution in [-0.2, 0) is 12.4 Å². The van der Waals surface area contributed by atoms with Crippen LogP contribution in [-0.4, -0.2) is 19.9 Å². The van der Waals surface area contributed by atoms with Gasteiger partial charge in [-0.3, -0.25) is 0 Å². The maximum atomic E-state index is 6.08. The van der Waals surface area contributed by atoms with Gasteiger partial charge in [0.25, 0.3) is 0 Å². The van der Waals surface area contributed by atoms with Gasteiger partial charge in [-0.2, -0.15) is 0 Å². The van der Waals surface area contributed by atoms with Gasteiger partial charge in [-0.05, 0) is 36.4 Å². The molecule has 0 radical (unpaired) electrons. The molecular weight excluding hydrogens is 390 g/mol. The quantitative estimate of drug-likeness (QED) is 0.385. The minimum Gasteiger partial charge on any atom is -0.486 e. The molecule has 0 amide bonds. The fourth-order valence-corrected chi connectivity index (χ4v) is 4.25. The molecule has 2 aromatic heterocycles. The summed E-state index contributed by atoms with van der Waals surface area (Å²) in [5, 5.41) is 10.6. The van der Waals surface area contributed by atoms with Crippen molar-refractivity contribution in [3.63, 3.8) is 0 Å². The zero-order valence-corrected chi connectivity index (χ0v) is 15.9. The Bertz CT molecular complexity index is 998.